The number of methoxy groups -OCH3 is 1. The maximum atomic E-state index is 12.6. The fourth-order valence-electron chi connectivity index (χ4n) is 3.00. The molecule has 0 aliphatic rings. The van der Waals surface area contributed by atoms with E-state index in [2.05, 4.69) is 39.8 Å². The molecule has 31 heavy (non-hydrogen) atoms. The highest BCUT2D eigenvalue weighted by Gasteiger charge is 2.18. The van der Waals surface area contributed by atoms with Crippen LogP contribution in [0, 0.1) is 0 Å². The Hall–Kier alpha value is -2.95. The summed E-state index contributed by atoms with van der Waals surface area (Å²) in [6.45, 7) is 9.08. The van der Waals surface area contributed by atoms with Gasteiger partial charge in [-0.1, -0.05) is 36.3 Å². The second-order valence-electron chi connectivity index (χ2n) is 7.61. The van der Waals surface area contributed by atoms with Gasteiger partial charge in [0, 0.05) is 6.07 Å². The molecule has 2 rings (SSSR count). The van der Waals surface area contributed by atoms with Gasteiger partial charge in [-0.25, -0.2) is 4.79 Å². The summed E-state index contributed by atoms with van der Waals surface area (Å²) in [6.07, 6.45) is 12.0. The zero-order chi connectivity index (χ0) is 22.6. The van der Waals surface area contributed by atoms with Gasteiger partial charge in [0.05, 0.1) is 19.1 Å². The van der Waals surface area contributed by atoms with Crippen molar-refractivity contribution in [2.45, 2.75) is 53.4 Å². The second kappa shape index (κ2) is 12.7. The quantitative estimate of drug-likeness (QED) is 0.217. The molecule has 168 valence electrons. The Morgan fingerprint density at radius 1 is 1.03 bits per heavy atom. The highest BCUT2D eigenvalue weighted by molar-refractivity contribution is 5.86. The molecule has 0 atom stereocenters. The topological polar surface area (TPSA) is 57.9 Å². The molecule has 1 aromatic carbocycles. The molecule has 2 aromatic rings. The molecule has 0 radical (unpaired) electrons. The van der Waals surface area contributed by atoms with Crippen molar-refractivity contribution in [3.8, 4) is 17.2 Å². The molecule has 5 heteroatoms. The average molecular weight is 427 g/mol. The molecule has 0 unspecified atom stereocenters. The number of benzene rings is 1. The first-order valence-corrected chi connectivity index (χ1v) is 10.8. The van der Waals surface area contributed by atoms with Gasteiger partial charge in [0.2, 0.25) is 5.75 Å². The van der Waals surface area contributed by atoms with E-state index in [1.54, 1.807) is 13.2 Å². The standard InChI is InChI=1S/C26H34O5/c1-6-7-8-9-16-29-25-24(30-17-15-20(4)12-10-11-19(2)3)22-14-13-21(28-5)18-23(22)31-26(25)27/h7-8,11,13-15,18H,6,9-10,12,16-17H2,1-5H3. The molecule has 0 bridgehead atoms. The number of ether oxygens (including phenoxy) is 3. The van der Waals surface area contributed by atoms with Gasteiger partial charge in [-0.05, 0) is 64.7 Å². The third-order valence-electron chi connectivity index (χ3n) is 4.71. The Kier molecular flexibility index (Phi) is 9.95. The minimum atomic E-state index is -0.556. The van der Waals surface area contributed by atoms with Crippen LogP contribution in [-0.2, 0) is 0 Å². The van der Waals surface area contributed by atoms with E-state index < -0.39 is 5.63 Å². The van der Waals surface area contributed by atoms with Crippen molar-refractivity contribution in [2.24, 2.45) is 0 Å². The first-order valence-electron chi connectivity index (χ1n) is 10.8. The summed E-state index contributed by atoms with van der Waals surface area (Å²) in [5.41, 5.74) is 2.40. The second-order valence-corrected chi connectivity index (χ2v) is 7.61. The number of allylic oxidation sites excluding steroid dienone is 4. The van der Waals surface area contributed by atoms with E-state index in [-0.39, 0.29) is 5.75 Å². The summed E-state index contributed by atoms with van der Waals surface area (Å²) in [4.78, 5) is 12.6. The monoisotopic (exact) mass is 426 g/mol. The van der Waals surface area contributed by atoms with E-state index >= 15 is 0 Å². The molecule has 0 spiro atoms. The number of fused-ring (bicyclic) bond motifs is 1. The number of hydrogen-bond acceptors (Lipinski definition) is 5. The van der Waals surface area contributed by atoms with Gasteiger partial charge < -0.3 is 18.6 Å². The van der Waals surface area contributed by atoms with E-state index in [0.717, 1.165) is 19.3 Å². The molecule has 0 fully saturated rings. The summed E-state index contributed by atoms with van der Waals surface area (Å²) in [5.74, 6) is 1.12. The van der Waals surface area contributed by atoms with Crippen LogP contribution in [0.2, 0.25) is 0 Å². The average Bonchev–Trinajstić information content (AvgIpc) is 2.74. The summed E-state index contributed by atoms with van der Waals surface area (Å²) in [5, 5.41) is 0.676. The first kappa shape index (κ1) is 24.3. The number of rotatable bonds is 12. The van der Waals surface area contributed by atoms with Gasteiger partial charge in [0.1, 0.15) is 17.9 Å². The Labute approximate surface area is 185 Å². The molecule has 0 aliphatic carbocycles. The van der Waals surface area contributed by atoms with Crippen LogP contribution in [0.1, 0.15) is 53.4 Å². The van der Waals surface area contributed by atoms with Gasteiger partial charge in [-0.2, -0.15) is 0 Å². The molecule has 0 saturated carbocycles. The molecular weight excluding hydrogens is 392 g/mol. The fourth-order valence-corrected chi connectivity index (χ4v) is 3.00. The lowest BCUT2D eigenvalue weighted by Gasteiger charge is -2.13. The normalized spacial score (nSPS) is 11.7. The van der Waals surface area contributed by atoms with Crippen LogP contribution in [0.25, 0.3) is 11.0 Å². The molecule has 0 amide bonds. The van der Waals surface area contributed by atoms with Crippen LogP contribution in [0.3, 0.4) is 0 Å². The van der Waals surface area contributed by atoms with E-state index in [4.69, 9.17) is 18.6 Å². The number of hydrogen-bond donors (Lipinski definition) is 0. The SMILES string of the molecule is CCC=CCCOc1c(OCC=C(C)CCC=C(C)C)c2ccc(OC)cc2oc1=O. The van der Waals surface area contributed by atoms with Gasteiger partial charge in [-0.15, -0.1) is 0 Å². The van der Waals surface area contributed by atoms with Gasteiger partial charge in [0.25, 0.3) is 0 Å². The Balaban J connectivity index is 2.26. The van der Waals surface area contributed by atoms with E-state index in [9.17, 15) is 4.79 Å². The maximum absolute atomic E-state index is 12.6. The van der Waals surface area contributed by atoms with Crippen LogP contribution in [0.4, 0.5) is 0 Å². The van der Waals surface area contributed by atoms with E-state index in [1.165, 1.54) is 11.1 Å². The fraction of sp³-hybridized carbons (Fsp3) is 0.423. The minimum Gasteiger partial charge on any atom is -0.497 e. The smallest absolute Gasteiger partial charge is 0.383 e. The minimum absolute atomic E-state index is 0.109. The largest absolute Gasteiger partial charge is 0.497 e. The summed E-state index contributed by atoms with van der Waals surface area (Å²) < 4.78 is 22.6. The van der Waals surface area contributed by atoms with Crippen molar-refractivity contribution >= 4 is 11.0 Å². The van der Waals surface area contributed by atoms with Crippen LogP contribution < -0.4 is 19.8 Å². The lowest BCUT2D eigenvalue weighted by atomic mass is 10.1. The van der Waals surface area contributed by atoms with Crippen molar-refractivity contribution in [1.82, 2.24) is 0 Å². The highest BCUT2D eigenvalue weighted by atomic mass is 16.5. The molecule has 1 aromatic heterocycles. The van der Waals surface area contributed by atoms with Crippen LogP contribution in [-0.4, -0.2) is 20.3 Å². The zero-order valence-corrected chi connectivity index (χ0v) is 19.3. The third kappa shape index (κ3) is 7.67. The van der Waals surface area contributed by atoms with Crippen molar-refractivity contribution in [2.75, 3.05) is 20.3 Å². The predicted molar refractivity (Wildman–Crippen MR) is 126 cm³/mol. The Morgan fingerprint density at radius 2 is 1.84 bits per heavy atom. The van der Waals surface area contributed by atoms with E-state index in [1.807, 2.05) is 24.3 Å². The molecule has 1 heterocycles. The molecule has 0 aliphatic heterocycles. The molecule has 0 saturated heterocycles. The Morgan fingerprint density at radius 3 is 2.55 bits per heavy atom. The van der Waals surface area contributed by atoms with Gasteiger partial charge >= 0.3 is 5.63 Å². The summed E-state index contributed by atoms with van der Waals surface area (Å²) in [7, 11) is 1.57. The van der Waals surface area contributed by atoms with E-state index in [0.29, 0.717) is 42.1 Å². The van der Waals surface area contributed by atoms with Crippen LogP contribution in [0.5, 0.6) is 17.2 Å². The summed E-state index contributed by atoms with van der Waals surface area (Å²) >= 11 is 0. The lowest BCUT2D eigenvalue weighted by molar-refractivity contribution is 0.276. The Bertz CT molecular complexity index is 991. The van der Waals surface area contributed by atoms with Crippen molar-refractivity contribution in [1.29, 1.82) is 0 Å². The molecule has 5 nitrogen and oxygen atoms in total. The zero-order valence-electron chi connectivity index (χ0n) is 19.3. The maximum Gasteiger partial charge on any atom is 0.383 e. The third-order valence-corrected chi connectivity index (χ3v) is 4.71. The van der Waals surface area contributed by atoms with Crippen molar-refractivity contribution < 1.29 is 18.6 Å². The first-order chi connectivity index (χ1) is 15.0. The lowest BCUT2D eigenvalue weighted by Crippen LogP contribution is -2.11. The highest BCUT2D eigenvalue weighted by Crippen LogP contribution is 2.34. The van der Waals surface area contributed by atoms with Gasteiger partial charge in [0.15, 0.2) is 5.75 Å². The van der Waals surface area contributed by atoms with Crippen LogP contribution in [0.15, 0.2) is 62.9 Å². The van der Waals surface area contributed by atoms with Gasteiger partial charge in [-0.3, -0.25) is 0 Å². The van der Waals surface area contributed by atoms with Crippen molar-refractivity contribution in [3.63, 3.8) is 0 Å². The molecule has 0 N–H and O–H groups in total. The van der Waals surface area contributed by atoms with Crippen molar-refractivity contribution in [3.05, 3.63) is 64.1 Å². The summed E-state index contributed by atoms with van der Waals surface area (Å²) in [6, 6.07) is 5.31. The molecular formula is C26H34O5. The van der Waals surface area contributed by atoms with Crippen LogP contribution >= 0.6 is 0 Å². The predicted octanol–water partition coefficient (Wildman–Crippen LogP) is 6.61.